The molecule has 0 aliphatic carbocycles. The lowest BCUT2D eigenvalue weighted by Crippen LogP contribution is -2.41. The molecule has 0 aliphatic heterocycles. The molecule has 0 atom stereocenters. The first-order chi connectivity index (χ1) is 8.13. The van der Waals surface area contributed by atoms with E-state index in [4.69, 9.17) is 0 Å². The summed E-state index contributed by atoms with van der Waals surface area (Å²) in [6.07, 6.45) is 0. The number of anilines is 1. The molecule has 0 bridgehead atoms. The zero-order valence-corrected chi connectivity index (χ0v) is 10.8. The van der Waals surface area contributed by atoms with E-state index in [-0.39, 0.29) is 5.91 Å². The minimum absolute atomic E-state index is 0.0661. The molecule has 0 heterocycles. The molecule has 4 heteroatoms. The molecule has 17 heavy (non-hydrogen) atoms. The average molecular weight is 235 g/mol. The minimum atomic E-state index is -0.0661. The van der Waals surface area contributed by atoms with E-state index in [9.17, 15) is 4.79 Å². The smallest absolute Gasteiger partial charge is 0.230 e. The van der Waals surface area contributed by atoms with Crippen molar-refractivity contribution in [3.63, 3.8) is 0 Å². The lowest BCUT2D eigenvalue weighted by Gasteiger charge is -2.23. The number of benzene rings is 1. The highest BCUT2D eigenvalue weighted by atomic mass is 16.2. The fourth-order valence-corrected chi connectivity index (χ4v) is 1.67. The largest absolute Gasteiger partial charge is 0.370 e. The summed E-state index contributed by atoms with van der Waals surface area (Å²) in [6, 6.07) is 8.43. The number of amides is 1. The van der Waals surface area contributed by atoms with Crippen LogP contribution in [0.4, 0.5) is 5.69 Å². The van der Waals surface area contributed by atoms with Gasteiger partial charge in [-0.25, -0.2) is 5.43 Å². The van der Waals surface area contributed by atoms with Gasteiger partial charge in [0.15, 0.2) is 0 Å². The molecular formula is C13H21N3O. The van der Waals surface area contributed by atoms with E-state index >= 15 is 0 Å². The van der Waals surface area contributed by atoms with E-state index in [1.165, 1.54) is 18.2 Å². The summed E-state index contributed by atoms with van der Waals surface area (Å²) in [6.45, 7) is 8.24. The van der Waals surface area contributed by atoms with Gasteiger partial charge in [0.05, 0.1) is 0 Å². The Bertz CT molecular complexity index is 365. The molecule has 0 saturated carbocycles. The molecule has 0 fully saturated rings. The SMILES string of the molecule is CCN(CCNNC(C)=O)c1cccc(C)c1. The number of aryl methyl sites for hydroxylation is 1. The number of hydrazine groups is 1. The molecule has 1 rings (SSSR count). The summed E-state index contributed by atoms with van der Waals surface area (Å²) in [5, 5.41) is 0. The number of nitrogens with zero attached hydrogens (tertiary/aromatic N) is 1. The van der Waals surface area contributed by atoms with Crippen LogP contribution in [0, 0.1) is 6.92 Å². The summed E-state index contributed by atoms with van der Waals surface area (Å²) < 4.78 is 0. The van der Waals surface area contributed by atoms with E-state index < -0.39 is 0 Å². The van der Waals surface area contributed by atoms with Crippen LogP contribution in [0.3, 0.4) is 0 Å². The highest BCUT2D eigenvalue weighted by Crippen LogP contribution is 2.14. The van der Waals surface area contributed by atoms with Crippen LogP contribution < -0.4 is 15.8 Å². The van der Waals surface area contributed by atoms with Gasteiger partial charge in [-0.05, 0) is 31.5 Å². The van der Waals surface area contributed by atoms with Crippen LogP contribution in [0.15, 0.2) is 24.3 Å². The maximum absolute atomic E-state index is 10.7. The first-order valence-electron chi connectivity index (χ1n) is 5.94. The fourth-order valence-electron chi connectivity index (χ4n) is 1.67. The van der Waals surface area contributed by atoms with Gasteiger partial charge >= 0.3 is 0 Å². The molecule has 0 aliphatic rings. The van der Waals surface area contributed by atoms with Crippen molar-refractivity contribution in [2.24, 2.45) is 0 Å². The van der Waals surface area contributed by atoms with Gasteiger partial charge in [-0.1, -0.05) is 12.1 Å². The van der Waals surface area contributed by atoms with Crippen molar-refractivity contribution in [1.29, 1.82) is 0 Å². The number of hydrogen-bond acceptors (Lipinski definition) is 3. The predicted octanol–water partition coefficient (Wildman–Crippen LogP) is 1.46. The Kier molecular flexibility index (Phi) is 5.49. The van der Waals surface area contributed by atoms with Crippen LogP contribution >= 0.6 is 0 Å². The van der Waals surface area contributed by atoms with Gasteiger partial charge in [0.1, 0.15) is 0 Å². The summed E-state index contributed by atoms with van der Waals surface area (Å²) in [5.74, 6) is -0.0661. The van der Waals surface area contributed by atoms with Gasteiger partial charge in [0.2, 0.25) is 5.91 Å². The van der Waals surface area contributed by atoms with Crippen molar-refractivity contribution in [3.05, 3.63) is 29.8 Å². The highest BCUT2D eigenvalue weighted by Gasteiger charge is 2.03. The molecule has 4 nitrogen and oxygen atoms in total. The Morgan fingerprint density at radius 3 is 2.76 bits per heavy atom. The van der Waals surface area contributed by atoms with E-state index in [0.29, 0.717) is 0 Å². The van der Waals surface area contributed by atoms with E-state index in [0.717, 1.165) is 19.6 Å². The van der Waals surface area contributed by atoms with Crippen molar-refractivity contribution in [1.82, 2.24) is 10.9 Å². The second kappa shape index (κ2) is 6.91. The molecule has 2 N–H and O–H groups in total. The first kappa shape index (κ1) is 13.5. The molecule has 0 unspecified atom stereocenters. The molecule has 1 aromatic rings. The van der Waals surface area contributed by atoms with Gasteiger partial charge in [0, 0.05) is 32.2 Å². The van der Waals surface area contributed by atoms with Gasteiger partial charge in [-0.2, -0.15) is 0 Å². The zero-order valence-electron chi connectivity index (χ0n) is 10.8. The monoisotopic (exact) mass is 235 g/mol. The molecule has 0 radical (unpaired) electrons. The Labute approximate surface area is 103 Å². The van der Waals surface area contributed by atoms with E-state index in [1.54, 1.807) is 0 Å². The standard InChI is InChI=1S/C13H21N3O/c1-4-16(9-8-14-15-12(3)17)13-7-5-6-11(2)10-13/h5-7,10,14H,4,8-9H2,1-3H3,(H,15,17). The number of nitrogens with one attached hydrogen (secondary N) is 2. The van der Waals surface area contributed by atoms with Crippen LogP contribution in [0.1, 0.15) is 19.4 Å². The molecule has 0 aromatic heterocycles. The van der Waals surface area contributed by atoms with Crippen LogP contribution in [0.5, 0.6) is 0 Å². The second-order valence-electron chi connectivity index (χ2n) is 4.03. The predicted molar refractivity (Wildman–Crippen MR) is 70.9 cm³/mol. The van der Waals surface area contributed by atoms with Gasteiger partial charge < -0.3 is 4.90 Å². The number of rotatable bonds is 6. The average Bonchev–Trinajstić information content (AvgIpc) is 2.29. The maximum atomic E-state index is 10.7. The van der Waals surface area contributed by atoms with E-state index in [2.05, 4.69) is 53.9 Å². The fraction of sp³-hybridized carbons (Fsp3) is 0.462. The lowest BCUT2D eigenvalue weighted by molar-refractivity contribution is -0.119. The topological polar surface area (TPSA) is 44.4 Å². The number of carbonyl (C=O) groups excluding carboxylic acids is 1. The molecule has 1 amide bonds. The number of hydrogen-bond donors (Lipinski definition) is 2. The number of likely N-dealkylation sites (N-methyl/N-ethyl adjacent to an activating group) is 1. The van der Waals surface area contributed by atoms with Crippen LogP contribution in [0.25, 0.3) is 0 Å². The first-order valence-corrected chi connectivity index (χ1v) is 5.94. The Balaban J connectivity index is 2.45. The quantitative estimate of drug-likeness (QED) is 0.579. The summed E-state index contributed by atoms with van der Waals surface area (Å²) in [7, 11) is 0. The minimum Gasteiger partial charge on any atom is -0.370 e. The highest BCUT2D eigenvalue weighted by molar-refractivity contribution is 5.72. The van der Waals surface area contributed by atoms with Crippen molar-refractivity contribution < 1.29 is 4.79 Å². The van der Waals surface area contributed by atoms with Crippen LogP contribution in [-0.4, -0.2) is 25.5 Å². The maximum Gasteiger partial charge on any atom is 0.230 e. The normalized spacial score (nSPS) is 10.1. The molecular weight excluding hydrogens is 214 g/mol. The van der Waals surface area contributed by atoms with Crippen LogP contribution in [-0.2, 0) is 4.79 Å². The second-order valence-corrected chi connectivity index (χ2v) is 4.03. The van der Waals surface area contributed by atoms with Gasteiger partial charge in [-0.15, -0.1) is 0 Å². The van der Waals surface area contributed by atoms with Crippen molar-refractivity contribution in [3.8, 4) is 0 Å². The Hall–Kier alpha value is -1.55. The number of carbonyl (C=O) groups is 1. The van der Waals surface area contributed by atoms with Gasteiger partial charge in [-0.3, -0.25) is 10.2 Å². The third-order valence-electron chi connectivity index (χ3n) is 2.52. The zero-order chi connectivity index (χ0) is 12.7. The van der Waals surface area contributed by atoms with Crippen molar-refractivity contribution in [2.75, 3.05) is 24.5 Å². The summed E-state index contributed by atoms with van der Waals surface area (Å²) >= 11 is 0. The third-order valence-corrected chi connectivity index (χ3v) is 2.52. The summed E-state index contributed by atoms with van der Waals surface area (Å²) in [5.41, 5.74) is 7.94. The van der Waals surface area contributed by atoms with Crippen molar-refractivity contribution >= 4 is 11.6 Å². The Morgan fingerprint density at radius 2 is 2.18 bits per heavy atom. The molecule has 0 spiro atoms. The van der Waals surface area contributed by atoms with E-state index in [1.807, 2.05) is 0 Å². The van der Waals surface area contributed by atoms with Gasteiger partial charge in [0.25, 0.3) is 0 Å². The van der Waals surface area contributed by atoms with Crippen molar-refractivity contribution in [2.45, 2.75) is 20.8 Å². The molecule has 1 aromatic carbocycles. The molecule has 94 valence electrons. The Morgan fingerprint density at radius 1 is 1.41 bits per heavy atom. The third kappa shape index (κ3) is 4.87. The summed E-state index contributed by atoms with van der Waals surface area (Å²) in [4.78, 5) is 13.0. The molecule has 0 saturated heterocycles. The lowest BCUT2D eigenvalue weighted by atomic mass is 10.2. The van der Waals surface area contributed by atoms with Crippen LogP contribution in [0.2, 0.25) is 0 Å².